The number of hydrogen-bond acceptors (Lipinski definition) is 4. The highest BCUT2D eigenvalue weighted by molar-refractivity contribution is 7.10. The maximum absolute atomic E-state index is 13.8. The zero-order valence-electron chi connectivity index (χ0n) is 20.5. The quantitative estimate of drug-likeness (QED) is 0.305. The van der Waals surface area contributed by atoms with Crippen molar-refractivity contribution in [3.63, 3.8) is 0 Å². The molecule has 0 aliphatic rings. The molecule has 1 aromatic heterocycles. The summed E-state index contributed by atoms with van der Waals surface area (Å²) in [6.07, 6.45) is 0.223. The number of hydrogen-bond donors (Lipinski definition) is 1. The van der Waals surface area contributed by atoms with Crippen molar-refractivity contribution in [1.29, 1.82) is 0 Å². The number of para-hydroxylation sites is 1. The van der Waals surface area contributed by atoms with Crippen LogP contribution >= 0.6 is 11.3 Å². The third-order valence-electron chi connectivity index (χ3n) is 6.11. The lowest BCUT2D eigenvalue weighted by molar-refractivity contribution is -0.141. The van der Waals surface area contributed by atoms with Crippen molar-refractivity contribution in [3.8, 4) is 5.75 Å². The first-order valence-electron chi connectivity index (χ1n) is 11.9. The van der Waals surface area contributed by atoms with Crippen LogP contribution < -0.4 is 10.1 Å². The molecule has 1 N–H and O–H groups in total. The summed E-state index contributed by atoms with van der Waals surface area (Å²) in [5.74, 6) is 0.341. The van der Waals surface area contributed by atoms with E-state index in [2.05, 4.69) is 5.32 Å². The molecule has 0 saturated carbocycles. The molecule has 0 fully saturated rings. The average molecular weight is 499 g/mol. The Morgan fingerprint density at radius 1 is 0.917 bits per heavy atom. The van der Waals surface area contributed by atoms with Gasteiger partial charge in [-0.3, -0.25) is 9.59 Å². The SMILES string of the molecule is COc1ccccc1CN(C(=O)Cc1cccs1)[C@H](C(=O)NCc1ccccc1)c1ccccc1C. The normalized spacial score (nSPS) is 11.5. The summed E-state index contributed by atoms with van der Waals surface area (Å²) >= 11 is 1.54. The van der Waals surface area contributed by atoms with Gasteiger partial charge in [-0.1, -0.05) is 78.9 Å². The Morgan fingerprint density at radius 2 is 1.64 bits per heavy atom. The van der Waals surface area contributed by atoms with Crippen LogP contribution in [0.25, 0.3) is 0 Å². The zero-order valence-corrected chi connectivity index (χ0v) is 21.3. The average Bonchev–Trinajstić information content (AvgIpc) is 3.42. The second-order valence-electron chi connectivity index (χ2n) is 8.55. The first-order valence-corrected chi connectivity index (χ1v) is 12.8. The Morgan fingerprint density at radius 3 is 2.36 bits per heavy atom. The molecule has 0 saturated heterocycles. The predicted molar refractivity (Wildman–Crippen MR) is 144 cm³/mol. The minimum absolute atomic E-state index is 0.119. The molecule has 0 spiro atoms. The van der Waals surface area contributed by atoms with Crippen molar-refractivity contribution in [1.82, 2.24) is 10.2 Å². The van der Waals surface area contributed by atoms with E-state index in [1.807, 2.05) is 103 Å². The first kappa shape index (κ1) is 25.2. The Balaban J connectivity index is 1.73. The van der Waals surface area contributed by atoms with E-state index < -0.39 is 6.04 Å². The van der Waals surface area contributed by atoms with Gasteiger partial charge in [0.25, 0.3) is 0 Å². The molecule has 0 radical (unpaired) electrons. The monoisotopic (exact) mass is 498 g/mol. The third-order valence-corrected chi connectivity index (χ3v) is 6.99. The lowest BCUT2D eigenvalue weighted by Crippen LogP contribution is -2.44. The third kappa shape index (κ3) is 6.20. The molecular weight excluding hydrogens is 468 g/mol. The molecule has 3 aromatic carbocycles. The van der Waals surface area contributed by atoms with Crippen LogP contribution in [-0.2, 0) is 29.1 Å². The fraction of sp³-hybridized carbons (Fsp3) is 0.200. The van der Waals surface area contributed by atoms with Gasteiger partial charge in [-0.2, -0.15) is 0 Å². The molecule has 0 unspecified atom stereocenters. The number of carbonyl (C=O) groups is 2. The summed E-state index contributed by atoms with van der Waals surface area (Å²) in [6, 6.07) is 28.2. The second-order valence-corrected chi connectivity index (χ2v) is 9.58. The molecule has 36 heavy (non-hydrogen) atoms. The fourth-order valence-corrected chi connectivity index (χ4v) is 4.93. The van der Waals surface area contributed by atoms with Gasteiger partial charge in [-0.05, 0) is 41.1 Å². The number of ether oxygens (including phenoxy) is 1. The first-order chi connectivity index (χ1) is 17.6. The number of rotatable bonds is 10. The van der Waals surface area contributed by atoms with Crippen LogP contribution in [0.1, 0.15) is 33.2 Å². The number of thiophene rings is 1. The van der Waals surface area contributed by atoms with Gasteiger partial charge in [0.05, 0.1) is 20.1 Å². The van der Waals surface area contributed by atoms with Crippen molar-refractivity contribution < 1.29 is 14.3 Å². The number of nitrogens with one attached hydrogen (secondary N) is 1. The van der Waals surface area contributed by atoms with Gasteiger partial charge in [0.1, 0.15) is 11.8 Å². The Bertz CT molecular complexity index is 1290. The van der Waals surface area contributed by atoms with E-state index in [4.69, 9.17) is 4.74 Å². The number of nitrogens with zero attached hydrogens (tertiary/aromatic N) is 1. The summed E-state index contributed by atoms with van der Waals surface area (Å²) in [6.45, 7) is 2.59. The molecule has 184 valence electrons. The summed E-state index contributed by atoms with van der Waals surface area (Å²) < 4.78 is 5.57. The van der Waals surface area contributed by atoms with Crippen molar-refractivity contribution in [2.75, 3.05) is 7.11 Å². The van der Waals surface area contributed by atoms with Gasteiger partial charge < -0.3 is 15.0 Å². The molecule has 4 aromatic rings. The van der Waals surface area contributed by atoms with E-state index in [9.17, 15) is 9.59 Å². The molecule has 4 rings (SSSR count). The maximum atomic E-state index is 13.8. The van der Waals surface area contributed by atoms with Gasteiger partial charge >= 0.3 is 0 Å². The van der Waals surface area contributed by atoms with Crippen molar-refractivity contribution in [2.45, 2.75) is 32.5 Å². The van der Waals surface area contributed by atoms with Crippen LogP contribution in [-0.4, -0.2) is 23.8 Å². The molecule has 0 aliphatic carbocycles. The summed E-state index contributed by atoms with van der Waals surface area (Å²) in [7, 11) is 1.61. The van der Waals surface area contributed by atoms with E-state index in [0.29, 0.717) is 12.3 Å². The minimum Gasteiger partial charge on any atom is -0.496 e. The van der Waals surface area contributed by atoms with Crippen molar-refractivity contribution in [3.05, 3.63) is 124 Å². The lowest BCUT2D eigenvalue weighted by atomic mass is 9.97. The number of amides is 2. The molecule has 1 atom stereocenters. The maximum Gasteiger partial charge on any atom is 0.247 e. The zero-order chi connectivity index (χ0) is 25.3. The molecule has 5 nitrogen and oxygen atoms in total. The number of benzene rings is 3. The summed E-state index contributed by atoms with van der Waals surface area (Å²) in [5, 5.41) is 5.03. The highest BCUT2D eigenvalue weighted by Gasteiger charge is 2.33. The second kappa shape index (κ2) is 12.2. The van der Waals surface area contributed by atoms with Gasteiger partial charge in [-0.25, -0.2) is 0 Å². The van der Waals surface area contributed by atoms with E-state index >= 15 is 0 Å². The highest BCUT2D eigenvalue weighted by Crippen LogP contribution is 2.30. The predicted octanol–water partition coefficient (Wildman–Crippen LogP) is 5.69. The number of aryl methyl sites for hydroxylation is 1. The van der Waals surface area contributed by atoms with Crippen molar-refractivity contribution in [2.24, 2.45) is 0 Å². The molecule has 0 bridgehead atoms. The van der Waals surface area contributed by atoms with E-state index in [1.54, 1.807) is 12.0 Å². The molecule has 2 amide bonds. The highest BCUT2D eigenvalue weighted by atomic mass is 32.1. The van der Waals surface area contributed by atoms with E-state index in [-0.39, 0.29) is 24.8 Å². The van der Waals surface area contributed by atoms with Crippen LogP contribution in [0.3, 0.4) is 0 Å². The van der Waals surface area contributed by atoms with Gasteiger partial charge in [0, 0.05) is 17.0 Å². The van der Waals surface area contributed by atoms with Crippen LogP contribution in [0.4, 0.5) is 0 Å². The van der Waals surface area contributed by atoms with Crippen LogP contribution in [0.2, 0.25) is 0 Å². The summed E-state index contributed by atoms with van der Waals surface area (Å²) in [5.41, 5.74) is 3.59. The smallest absolute Gasteiger partial charge is 0.247 e. The standard InChI is InChI=1S/C30H30N2O3S/c1-22-11-6-8-16-26(22)29(30(34)31-20-23-12-4-3-5-13-23)32(28(33)19-25-15-10-18-36-25)21-24-14-7-9-17-27(24)35-2/h3-18,29H,19-21H2,1-2H3,(H,31,34)/t29-/m0/s1. The van der Waals surface area contributed by atoms with E-state index in [0.717, 1.165) is 27.1 Å². The fourth-order valence-electron chi connectivity index (χ4n) is 4.23. The van der Waals surface area contributed by atoms with E-state index in [1.165, 1.54) is 11.3 Å². The Hall–Kier alpha value is -3.90. The molecular formula is C30H30N2O3S. The minimum atomic E-state index is -0.799. The van der Waals surface area contributed by atoms with Gasteiger partial charge in [0.2, 0.25) is 11.8 Å². The van der Waals surface area contributed by atoms with Crippen LogP contribution in [0.5, 0.6) is 5.75 Å². The largest absolute Gasteiger partial charge is 0.496 e. The summed E-state index contributed by atoms with van der Waals surface area (Å²) in [4.78, 5) is 30.3. The molecule has 6 heteroatoms. The van der Waals surface area contributed by atoms with Crippen LogP contribution in [0.15, 0.2) is 96.4 Å². The molecule has 0 aliphatic heterocycles. The number of carbonyl (C=O) groups excluding carboxylic acids is 2. The Labute approximate surface area is 216 Å². The number of methoxy groups -OCH3 is 1. The molecule has 1 heterocycles. The topological polar surface area (TPSA) is 58.6 Å². The lowest BCUT2D eigenvalue weighted by Gasteiger charge is -2.33. The Kier molecular flexibility index (Phi) is 8.53. The van der Waals surface area contributed by atoms with Crippen LogP contribution in [0, 0.1) is 6.92 Å². The van der Waals surface area contributed by atoms with Crippen molar-refractivity contribution >= 4 is 23.2 Å². The van der Waals surface area contributed by atoms with Gasteiger partial charge in [-0.15, -0.1) is 11.3 Å². The van der Waals surface area contributed by atoms with Gasteiger partial charge in [0.15, 0.2) is 0 Å².